The number of hydrogen-bond donors (Lipinski definition) is 2. The molecule has 0 aromatic heterocycles. The first-order valence-corrected chi connectivity index (χ1v) is 6.83. The van der Waals surface area contributed by atoms with Crippen LogP contribution in [0.4, 0.5) is 5.69 Å². The Labute approximate surface area is 128 Å². The SMILES string of the molecule is CC(C)N(CC(N)=O)CC(=O)Nc1cccc(Cl)c1Cl. The highest BCUT2D eigenvalue weighted by Gasteiger charge is 2.17. The van der Waals surface area contributed by atoms with Crippen molar-refractivity contribution in [2.75, 3.05) is 18.4 Å². The summed E-state index contributed by atoms with van der Waals surface area (Å²) >= 11 is 11.9. The Bertz CT molecular complexity index is 506. The molecule has 0 saturated carbocycles. The molecule has 1 aromatic carbocycles. The highest BCUT2D eigenvalue weighted by atomic mass is 35.5. The molecule has 20 heavy (non-hydrogen) atoms. The average molecular weight is 318 g/mol. The van der Waals surface area contributed by atoms with Crippen molar-refractivity contribution in [3.05, 3.63) is 28.2 Å². The van der Waals surface area contributed by atoms with Crippen LogP contribution >= 0.6 is 23.2 Å². The van der Waals surface area contributed by atoms with Gasteiger partial charge in [-0.05, 0) is 26.0 Å². The van der Waals surface area contributed by atoms with Crippen molar-refractivity contribution in [2.45, 2.75) is 19.9 Å². The zero-order valence-electron chi connectivity index (χ0n) is 11.3. The minimum Gasteiger partial charge on any atom is -0.369 e. The summed E-state index contributed by atoms with van der Waals surface area (Å²) in [7, 11) is 0. The molecule has 0 heterocycles. The Balaban J connectivity index is 2.70. The van der Waals surface area contributed by atoms with E-state index in [9.17, 15) is 9.59 Å². The largest absolute Gasteiger partial charge is 0.369 e. The minimum atomic E-state index is -0.479. The summed E-state index contributed by atoms with van der Waals surface area (Å²) in [6, 6.07) is 4.99. The maximum Gasteiger partial charge on any atom is 0.238 e. The number of amides is 2. The fourth-order valence-electron chi connectivity index (χ4n) is 1.60. The first-order valence-electron chi connectivity index (χ1n) is 6.07. The number of carbonyl (C=O) groups excluding carboxylic acids is 2. The van der Waals surface area contributed by atoms with Crippen LogP contribution in [0.25, 0.3) is 0 Å². The fraction of sp³-hybridized carbons (Fsp3) is 0.385. The lowest BCUT2D eigenvalue weighted by atomic mass is 10.3. The Morgan fingerprint density at radius 2 is 1.95 bits per heavy atom. The average Bonchev–Trinajstić information content (AvgIpc) is 2.33. The summed E-state index contributed by atoms with van der Waals surface area (Å²) in [5.74, 6) is -0.767. The maximum absolute atomic E-state index is 12.0. The molecule has 0 bridgehead atoms. The summed E-state index contributed by atoms with van der Waals surface area (Å²) in [6.45, 7) is 3.82. The smallest absolute Gasteiger partial charge is 0.238 e. The van der Waals surface area contributed by atoms with Gasteiger partial charge in [0.1, 0.15) is 0 Å². The van der Waals surface area contributed by atoms with Crippen LogP contribution in [0.3, 0.4) is 0 Å². The van der Waals surface area contributed by atoms with E-state index in [0.717, 1.165) is 0 Å². The molecule has 0 saturated heterocycles. The third-order valence-corrected chi connectivity index (χ3v) is 3.48. The Kier molecular flexibility index (Phi) is 6.26. The molecule has 0 aliphatic carbocycles. The highest BCUT2D eigenvalue weighted by molar-refractivity contribution is 6.43. The van der Waals surface area contributed by atoms with Crippen LogP contribution in [-0.4, -0.2) is 35.8 Å². The Morgan fingerprint density at radius 3 is 2.50 bits per heavy atom. The van der Waals surface area contributed by atoms with E-state index in [1.165, 1.54) is 0 Å². The van der Waals surface area contributed by atoms with Gasteiger partial charge in [-0.25, -0.2) is 0 Å². The molecule has 5 nitrogen and oxygen atoms in total. The van der Waals surface area contributed by atoms with Crippen LogP contribution in [0.15, 0.2) is 18.2 Å². The van der Waals surface area contributed by atoms with Crippen LogP contribution in [-0.2, 0) is 9.59 Å². The van der Waals surface area contributed by atoms with Gasteiger partial charge in [0.15, 0.2) is 0 Å². The van der Waals surface area contributed by atoms with Crippen molar-refractivity contribution in [3.8, 4) is 0 Å². The number of nitrogens with zero attached hydrogens (tertiary/aromatic N) is 1. The van der Waals surface area contributed by atoms with Crippen LogP contribution in [0.2, 0.25) is 10.0 Å². The van der Waals surface area contributed by atoms with Gasteiger partial charge in [0.25, 0.3) is 0 Å². The second kappa shape index (κ2) is 7.47. The number of hydrogen-bond acceptors (Lipinski definition) is 3. The van der Waals surface area contributed by atoms with Crippen LogP contribution in [0.1, 0.15) is 13.8 Å². The van der Waals surface area contributed by atoms with E-state index >= 15 is 0 Å². The lowest BCUT2D eigenvalue weighted by Gasteiger charge is -2.24. The highest BCUT2D eigenvalue weighted by Crippen LogP contribution is 2.29. The molecule has 7 heteroatoms. The van der Waals surface area contributed by atoms with Crippen molar-refractivity contribution in [1.82, 2.24) is 4.90 Å². The summed E-state index contributed by atoms with van der Waals surface area (Å²) < 4.78 is 0. The van der Waals surface area contributed by atoms with E-state index in [1.807, 2.05) is 13.8 Å². The molecule has 2 amide bonds. The molecule has 0 radical (unpaired) electrons. The summed E-state index contributed by atoms with van der Waals surface area (Å²) in [5.41, 5.74) is 5.59. The molecular formula is C13H17Cl2N3O2. The van der Waals surface area contributed by atoms with E-state index in [-0.39, 0.29) is 30.1 Å². The lowest BCUT2D eigenvalue weighted by Crippen LogP contribution is -2.43. The van der Waals surface area contributed by atoms with Gasteiger partial charge in [-0.1, -0.05) is 29.3 Å². The van der Waals surface area contributed by atoms with E-state index in [0.29, 0.717) is 10.7 Å². The molecule has 0 aliphatic heterocycles. The fourth-order valence-corrected chi connectivity index (χ4v) is 1.94. The molecule has 110 valence electrons. The normalized spacial score (nSPS) is 10.9. The van der Waals surface area contributed by atoms with Crippen LogP contribution < -0.4 is 11.1 Å². The van der Waals surface area contributed by atoms with Crippen molar-refractivity contribution in [3.63, 3.8) is 0 Å². The Morgan fingerprint density at radius 1 is 1.30 bits per heavy atom. The monoisotopic (exact) mass is 317 g/mol. The molecular weight excluding hydrogens is 301 g/mol. The first-order chi connectivity index (χ1) is 9.31. The van der Waals surface area contributed by atoms with Gasteiger partial charge >= 0.3 is 0 Å². The van der Waals surface area contributed by atoms with E-state index in [4.69, 9.17) is 28.9 Å². The molecule has 1 aromatic rings. The van der Waals surface area contributed by atoms with Crippen molar-refractivity contribution >= 4 is 40.7 Å². The predicted octanol–water partition coefficient (Wildman–Crippen LogP) is 2.13. The van der Waals surface area contributed by atoms with E-state index < -0.39 is 5.91 Å². The van der Waals surface area contributed by atoms with Crippen LogP contribution in [0.5, 0.6) is 0 Å². The molecule has 0 spiro atoms. The quantitative estimate of drug-likeness (QED) is 0.844. The number of carbonyl (C=O) groups is 2. The number of anilines is 1. The van der Waals surface area contributed by atoms with Crippen molar-refractivity contribution in [1.29, 1.82) is 0 Å². The van der Waals surface area contributed by atoms with Gasteiger partial charge < -0.3 is 11.1 Å². The molecule has 1 rings (SSSR count). The number of rotatable bonds is 6. The molecule has 0 aliphatic rings. The second-order valence-electron chi connectivity index (χ2n) is 4.61. The minimum absolute atomic E-state index is 0.0167. The van der Waals surface area contributed by atoms with Gasteiger partial charge in [-0.3, -0.25) is 14.5 Å². The first kappa shape index (κ1) is 16.8. The number of nitrogens with one attached hydrogen (secondary N) is 1. The standard InChI is InChI=1S/C13H17Cl2N3O2/c1-8(2)18(6-11(16)19)7-12(20)17-10-5-3-4-9(14)13(10)15/h3-5,8H,6-7H2,1-2H3,(H2,16,19)(H,17,20). The zero-order chi connectivity index (χ0) is 15.3. The maximum atomic E-state index is 12.0. The van der Waals surface area contributed by atoms with E-state index in [2.05, 4.69) is 5.32 Å². The number of primary amides is 1. The molecule has 0 unspecified atom stereocenters. The van der Waals surface area contributed by atoms with Gasteiger partial charge in [0.2, 0.25) is 11.8 Å². The van der Waals surface area contributed by atoms with Gasteiger partial charge in [0, 0.05) is 6.04 Å². The topological polar surface area (TPSA) is 75.4 Å². The van der Waals surface area contributed by atoms with Crippen LogP contribution in [0, 0.1) is 0 Å². The zero-order valence-corrected chi connectivity index (χ0v) is 12.8. The lowest BCUT2D eigenvalue weighted by molar-refractivity contribution is -0.121. The molecule has 0 atom stereocenters. The number of nitrogens with two attached hydrogens (primary N) is 1. The van der Waals surface area contributed by atoms with Crippen molar-refractivity contribution in [2.24, 2.45) is 5.73 Å². The summed E-state index contributed by atoms with van der Waals surface area (Å²) in [6.07, 6.45) is 0. The Hall–Kier alpha value is -1.30. The summed E-state index contributed by atoms with van der Waals surface area (Å²) in [5, 5.41) is 3.31. The predicted molar refractivity (Wildman–Crippen MR) is 81.0 cm³/mol. The van der Waals surface area contributed by atoms with Gasteiger partial charge in [-0.15, -0.1) is 0 Å². The van der Waals surface area contributed by atoms with Gasteiger partial charge in [0.05, 0.1) is 28.8 Å². The molecule has 0 fully saturated rings. The molecule has 3 N–H and O–H groups in total. The van der Waals surface area contributed by atoms with E-state index in [1.54, 1.807) is 23.1 Å². The van der Waals surface area contributed by atoms with Gasteiger partial charge in [-0.2, -0.15) is 0 Å². The van der Waals surface area contributed by atoms with Crippen molar-refractivity contribution < 1.29 is 9.59 Å². The third kappa shape index (κ3) is 5.00. The number of benzene rings is 1. The third-order valence-electron chi connectivity index (χ3n) is 2.66. The summed E-state index contributed by atoms with van der Waals surface area (Å²) in [4.78, 5) is 24.6. The number of halogens is 2. The second-order valence-corrected chi connectivity index (χ2v) is 5.40.